The van der Waals surface area contributed by atoms with Crippen molar-refractivity contribution in [1.29, 1.82) is 0 Å². The molecule has 0 saturated carbocycles. The Bertz CT molecular complexity index is 501. The Kier molecular flexibility index (Phi) is 7.67. The van der Waals surface area contributed by atoms with Gasteiger partial charge in [-0.25, -0.2) is 4.79 Å². The summed E-state index contributed by atoms with van der Waals surface area (Å²) in [5, 5.41) is 0. The average Bonchev–Trinajstić information content (AvgIpc) is 2.54. The van der Waals surface area contributed by atoms with Gasteiger partial charge in [0.2, 0.25) is 0 Å². The number of carbonyl (C=O) groups is 3. The maximum absolute atomic E-state index is 12.1. The summed E-state index contributed by atoms with van der Waals surface area (Å²) in [6, 6.07) is 9.32. The van der Waals surface area contributed by atoms with Gasteiger partial charge in [0.05, 0.1) is 13.7 Å². The second-order valence-electron chi connectivity index (χ2n) is 4.61. The molecule has 0 aromatic heterocycles. The van der Waals surface area contributed by atoms with Crippen LogP contribution in [0.15, 0.2) is 30.3 Å². The molecule has 0 N–H and O–H groups in total. The normalized spacial score (nSPS) is 9.91. The van der Waals surface area contributed by atoms with Gasteiger partial charge in [-0.2, -0.15) is 0 Å². The van der Waals surface area contributed by atoms with Crippen LogP contribution in [-0.4, -0.2) is 43.0 Å². The van der Waals surface area contributed by atoms with Crippen LogP contribution in [0.4, 0.5) is 0 Å². The minimum Gasteiger partial charge on any atom is -0.469 e. The van der Waals surface area contributed by atoms with Crippen LogP contribution in [0.5, 0.6) is 0 Å². The Hall–Kier alpha value is -2.37. The van der Waals surface area contributed by atoms with Crippen molar-refractivity contribution >= 4 is 17.8 Å². The first kappa shape index (κ1) is 17.7. The zero-order valence-electron chi connectivity index (χ0n) is 12.9. The number of methoxy groups -OCH3 is 1. The minimum atomic E-state index is -0.878. The Morgan fingerprint density at radius 2 is 1.82 bits per heavy atom. The molecule has 0 unspecified atom stereocenters. The minimum absolute atomic E-state index is 0.145. The molecule has 22 heavy (non-hydrogen) atoms. The number of rotatable bonds is 7. The first-order valence-electron chi connectivity index (χ1n) is 7.15. The van der Waals surface area contributed by atoms with Gasteiger partial charge in [0.15, 0.2) is 0 Å². The van der Waals surface area contributed by atoms with E-state index >= 15 is 0 Å². The van der Waals surface area contributed by atoms with E-state index in [0.717, 1.165) is 5.56 Å². The van der Waals surface area contributed by atoms with E-state index in [2.05, 4.69) is 4.74 Å². The van der Waals surface area contributed by atoms with Crippen LogP contribution in [0.3, 0.4) is 0 Å². The Labute approximate surface area is 130 Å². The van der Waals surface area contributed by atoms with Crippen LogP contribution in [0, 0.1) is 0 Å². The fraction of sp³-hybridized carbons (Fsp3) is 0.438. The van der Waals surface area contributed by atoms with Crippen LogP contribution >= 0.6 is 0 Å². The van der Waals surface area contributed by atoms with Gasteiger partial charge in [0.1, 0.15) is 0 Å². The van der Waals surface area contributed by atoms with Gasteiger partial charge in [-0.3, -0.25) is 9.59 Å². The first-order valence-corrected chi connectivity index (χ1v) is 7.15. The Morgan fingerprint density at radius 3 is 2.41 bits per heavy atom. The molecule has 1 aromatic rings. The van der Waals surface area contributed by atoms with E-state index in [0.29, 0.717) is 13.0 Å². The molecule has 1 amide bonds. The summed E-state index contributed by atoms with van der Waals surface area (Å²) in [5.74, 6) is -1.92. The molecule has 0 fully saturated rings. The highest BCUT2D eigenvalue weighted by molar-refractivity contribution is 6.32. The van der Waals surface area contributed by atoms with E-state index < -0.39 is 11.9 Å². The number of hydrogen-bond donors (Lipinski definition) is 0. The summed E-state index contributed by atoms with van der Waals surface area (Å²) in [7, 11) is 1.31. The number of carbonyl (C=O) groups excluding carboxylic acids is 3. The molecule has 0 aliphatic rings. The zero-order chi connectivity index (χ0) is 16.4. The van der Waals surface area contributed by atoms with Crippen molar-refractivity contribution in [2.75, 3.05) is 20.3 Å². The highest BCUT2D eigenvalue weighted by Gasteiger charge is 2.23. The number of nitrogens with zero attached hydrogens (tertiary/aromatic N) is 1. The molecule has 120 valence electrons. The van der Waals surface area contributed by atoms with Crippen molar-refractivity contribution in [3.63, 3.8) is 0 Å². The Balaban J connectivity index is 2.69. The van der Waals surface area contributed by atoms with Gasteiger partial charge in [-0.05, 0) is 18.9 Å². The summed E-state index contributed by atoms with van der Waals surface area (Å²) < 4.78 is 9.31. The standard InChI is InChI=1S/C16H21NO5/c1-3-22-16(20)15(19)17(11-7-10-14(18)21-2)12-13-8-5-4-6-9-13/h4-6,8-9H,3,7,10-12H2,1-2H3. The van der Waals surface area contributed by atoms with E-state index in [1.165, 1.54) is 12.0 Å². The topological polar surface area (TPSA) is 72.9 Å². The van der Waals surface area contributed by atoms with Gasteiger partial charge < -0.3 is 14.4 Å². The summed E-state index contributed by atoms with van der Waals surface area (Å²) in [6.45, 7) is 2.36. The quantitative estimate of drug-likeness (QED) is 0.564. The SMILES string of the molecule is CCOC(=O)C(=O)N(CCCC(=O)OC)Cc1ccccc1. The molecule has 0 spiro atoms. The van der Waals surface area contributed by atoms with Gasteiger partial charge in [0.25, 0.3) is 0 Å². The fourth-order valence-corrected chi connectivity index (χ4v) is 1.89. The number of ether oxygens (including phenoxy) is 2. The fourth-order valence-electron chi connectivity index (χ4n) is 1.89. The van der Waals surface area contributed by atoms with Crippen molar-refractivity contribution in [3.8, 4) is 0 Å². The summed E-state index contributed by atoms with van der Waals surface area (Å²) in [6.07, 6.45) is 0.614. The molecule has 0 aliphatic heterocycles. The summed E-state index contributed by atoms with van der Waals surface area (Å²) in [4.78, 5) is 36.3. The number of benzene rings is 1. The number of hydrogen-bond acceptors (Lipinski definition) is 5. The molecule has 1 aromatic carbocycles. The van der Waals surface area contributed by atoms with Gasteiger partial charge in [0, 0.05) is 19.5 Å². The van der Waals surface area contributed by atoms with Gasteiger partial charge in [-0.1, -0.05) is 30.3 Å². The van der Waals surface area contributed by atoms with E-state index in [4.69, 9.17) is 4.74 Å². The zero-order valence-corrected chi connectivity index (χ0v) is 12.9. The molecule has 0 atom stereocenters. The molecule has 0 heterocycles. The Morgan fingerprint density at radius 1 is 1.14 bits per heavy atom. The largest absolute Gasteiger partial charge is 0.469 e. The van der Waals surface area contributed by atoms with Crippen molar-refractivity contribution in [3.05, 3.63) is 35.9 Å². The average molecular weight is 307 g/mol. The van der Waals surface area contributed by atoms with Crippen molar-refractivity contribution in [2.24, 2.45) is 0 Å². The molecule has 1 rings (SSSR count). The van der Waals surface area contributed by atoms with Crippen LogP contribution in [-0.2, 0) is 30.4 Å². The van der Waals surface area contributed by atoms with E-state index in [-0.39, 0.29) is 25.5 Å². The number of esters is 2. The van der Waals surface area contributed by atoms with E-state index in [1.807, 2.05) is 30.3 Å². The second-order valence-corrected chi connectivity index (χ2v) is 4.61. The second kappa shape index (κ2) is 9.55. The van der Waals surface area contributed by atoms with Crippen molar-refractivity contribution in [2.45, 2.75) is 26.3 Å². The lowest BCUT2D eigenvalue weighted by Crippen LogP contribution is -2.38. The maximum Gasteiger partial charge on any atom is 0.397 e. The molecule has 0 saturated heterocycles. The smallest absolute Gasteiger partial charge is 0.397 e. The molecular weight excluding hydrogens is 286 g/mol. The predicted molar refractivity (Wildman–Crippen MR) is 79.7 cm³/mol. The molecule has 6 heteroatoms. The lowest BCUT2D eigenvalue weighted by Gasteiger charge is -2.21. The first-order chi connectivity index (χ1) is 10.6. The lowest BCUT2D eigenvalue weighted by molar-refractivity contribution is -0.160. The summed E-state index contributed by atoms with van der Waals surface area (Å²) in [5.41, 5.74) is 0.901. The van der Waals surface area contributed by atoms with Crippen LogP contribution < -0.4 is 0 Å². The third-order valence-electron chi connectivity index (χ3n) is 2.99. The maximum atomic E-state index is 12.1. The molecule has 6 nitrogen and oxygen atoms in total. The number of amides is 1. The molecular formula is C16H21NO5. The highest BCUT2D eigenvalue weighted by Crippen LogP contribution is 2.07. The monoisotopic (exact) mass is 307 g/mol. The molecule has 0 aliphatic carbocycles. The predicted octanol–water partition coefficient (Wildman–Crippen LogP) is 1.53. The van der Waals surface area contributed by atoms with Crippen molar-refractivity contribution in [1.82, 2.24) is 4.90 Å². The van der Waals surface area contributed by atoms with Gasteiger partial charge >= 0.3 is 17.8 Å². The molecule has 0 bridgehead atoms. The van der Waals surface area contributed by atoms with E-state index in [9.17, 15) is 14.4 Å². The van der Waals surface area contributed by atoms with Crippen LogP contribution in [0.2, 0.25) is 0 Å². The van der Waals surface area contributed by atoms with Crippen LogP contribution in [0.1, 0.15) is 25.3 Å². The highest BCUT2D eigenvalue weighted by atomic mass is 16.5. The summed E-state index contributed by atoms with van der Waals surface area (Å²) >= 11 is 0. The van der Waals surface area contributed by atoms with Crippen LogP contribution in [0.25, 0.3) is 0 Å². The van der Waals surface area contributed by atoms with E-state index in [1.54, 1.807) is 6.92 Å². The van der Waals surface area contributed by atoms with Crippen molar-refractivity contribution < 1.29 is 23.9 Å². The van der Waals surface area contributed by atoms with Gasteiger partial charge in [-0.15, -0.1) is 0 Å². The molecule has 0 radical (unpaired) electrons. The lowest BCUT2D eigenvalue weighted by atomic mass is 10.2. The third kappa shape index (κ3) is 5.95. The third-order valence-corrected chi connectivity index (χ3v) is 2.99.